The lowest BCUT2D eigenvalue weighted by Gasteiger charge is -2.14. The molecule has 0 fully saturated rings. The van der Waals surface area contributed by atoms with Gasteiger partial charge in [-0.2, -0.15) is 0 Å². The summed E-state index contributed by atoms with van der Waals surface area (Å²) >= 11 is 11.8. The number of rotatable bonds is 6. The lowest BCUT2D eigenvalue weighted by atomic mass is 10.1. The summed E-state index contributed by atoms with van der Waals surface area (Å²) in [5.41, 5.74) is 1.36. The minimum Gasteiger partial charge on any atom is -0.506 e. The van der Waals surface area contributed by atoms with Crippen molar-refractivity contribution in [1.29, 1.82) is 0 Å². The zero-order valence-electron chi connectivity index (χ0n) is 12.0. The van der Waals surface area contributed by atoms with Gasteiger partial charge in [-0.3, -0.25) is 0 Å². The number of nitrogens with one attached hydrogen (secondary N) is 1. The molecule has 0 amide bonds. The van der Waals surface area contributed by atoms with Crippen molar-refractivity contribution in [3.05, 3.63) is 57.6 Å². The molecule has 118 valence electrons. The van der Waals surface area contributed by atoms with Gasteiger partial charge in [0, 0.05) is 23.7 Å². The number of ether oxygens (including phenoxy) is 1. The third kappa shape index (κ3) is 4.27. The fourth-order valence-electron chi connectivity index (χ4n) is 2.04. The van der Waals surface area contributed by atoms with E-state index in [0.29, 0.717) is 23.7 Å². The number of hydrogen-bond acceptors (Lipinski definition) is 4. The van der Waals surface area contributed by atoms with E-state index in [-0.39, 0.29) is 10.8 Å². The van der Waals surface area contributed by atoms with E-state index in [1.807, 2.05) is 0 Å². The molecule has 0 aliphatic heterocycles. The van der Waals surface area contributed by atoms with E-state index in [9.17, 15) is 10.2 Å². The average Bonchev–Trinajstić information content (AvgIpc) is 2.51. The average molecular weight is 342 g/mol. The number of halogens is 2. The number of phenolic OH excluding ortho intramolecular Hbond substituents is 1. The molecule has 3 N–H and O–H groups in total. The fraction of sp³-hybridized carbons (Fsp3) is 0.250. The maximum Gasteiger partial charge on any atom is 0.138 e. The van der Waals surface area contributed by atoms with Crippen molar-refractivity contribution in [3.63, 3.8) is 0 Å². The molecular formula is C16H17Cl2NO3. The molecule has 0 spiro atoms. The van der Waals surface area contributed by atoms with E-state index in [0.717, 1.165) is 11.3 Å². The van der Waals surface area contributed by atoms with Crippen LogP contribution < -0.4 is 10.1 Å². The van der Waals surface area contributed by atoms with Crippen molar-refractivity contribution < 1.29 is 14.9 Å². The summed E-state index contributed by atoms with van der Waals surface area (Å²) in [6.45, 7) is 0.676. The molecule has 0 saturated carbocycles. The summed E-state index contributed by atoms with van der Waals surface area (Å²) in [5.74, 6) is 0.736. The molecule has 0 saturated heterocycles. The molecule has 0 aliphatic carbocycles. The quantitative estimate of drug-likeness (QED) is 0.752. The van der Waals surface area contributed by atoms with E-state index in [1.54, 1.807) is 37.4 Å². The normalized spacial score (nSPS) is 12.2. The lowest BCUT2D eigenvalue weighted by Crippen LogP contribution is -2.21. The molecule has 2 aromatic carbocycles. The Kier molecular flexibility index (Phi) is 5.91. The fourth-order valence-corrected chi connectivity index (χ4v) is 2.58. The van der Waals surface area contributed by atoms with Gasteiger partial charge < -0.3 is 20.3 Å². The topological polar surface area (TPSA) is 61.7 Å². The number of phenols is 1. The van der Waals surface area contributed by atoms with Crippen molar-refractivity contribution in [1.82, 2.24) is 5.32 Å². The molecule has 0 aromatic heterocycles. The first-order valence-corrected chi connectivity index (χ1v) is 7.46. The molecule has 1 unspecified atom stereocenters. The number of hydrogen-bond donors (Lipinski definition) is 3. The van der Waals surface area contributed by atoms with Crippen LogP contribution in [0.15, 0.2) is 36.4 Å². The van der Waals surface area contributed by atoms with Crippen LogP contribution in [0.5, 0.6) is 11.5 Å². The Morgan fingerprint density at radius 1 is 1.18 bits per heavy atom. The molecule has 0 aliphatic rings. The van der Waals surface area contributed by atoms with Crippen LogP contribution in [0.25, 0.3) is 0 Å². The Hall–Kier alpha value is -1.46. The first kappa shape index (κ1) is 16.9. The number of aliphatic hydroxyl groups is 1. The molecule has 0 bridgehead atoms. The van der Waals surface area contributed by atoms with E-state index >= 15 is 0 Å². The van der Waals surface area contributed by atoms with Gasteiger partial charge in [-0.15, -0.1) is 0 Å². The SMILES string of the molecule is COc1ccc(C(O)CNCc2cc(Cl)cc(Cl)c2O)cc1. The van der Waals surface area contributed by atoms with E-state index in [1.165, 1.54) is 6.07 Å². The zero-order valence-corrected chi connectivity index (χ0v) is 13.5. The molecule has 0 radical (unpaired) electrons. The van der Waals surface area contributed by atoms with Crippen LogP contribution in [0.4, 0.5) is 0 Å². The maximum atomic E-state index is 10.1. The van der Waals surface area contributed by atoms with Gasteiger partial charge in [-0.25, -0.2) is 0 Å². The lowest BCUT2D eigenvalue weighted by molar-refractivity contribution is 0.174. The second-order valence-corrected chi connectivity index (χ2v) is 5.66. The molecule has 2 rings (SSSR count). The van der Waals surface area contributed by atoms with Gasteiger partial charge in [-0.05, 0) is 29.8 Å². The van der Waals surface area contributed by atoms with Crippen molar-refractivity contribution >= 4 is 23.2 Å². The molecule has 1 atom stereocenters. The highest BCUT2D eigenvalue weighted by atomic mass is 35.5. The predicted molar refractivity (Wildman–Crippen MR) is 87.8 cm³/mol. The monoisotopic (exact) mass is 341 g/mol. The van der Waals surface area contributed by atoms with E-state index in [2.05, 4.69) is 5.32 Å². The van der Waals surface area contributed by atoms with Crippen molar-refractivity contribution in [2.24, 2.45) is 0 Å². The largest absolute Gasteiger partial charge is 0.506 e. The van der Waals surface area contributed by atoms with Crippen LogP contribution in [0.1, 0.15) is 17.2 Å². The number of aromatic hydroxyl groups is 1. The van der Waals surface area contributed by atoms with Crippen molar-refractivity contribution in [3.8, 4) is 11.5 Å². The van der Waals surface area contributed by atoms with Gasteiger partial charge in [0.25, 0.3) is 0 Å². The zero-order chi connectivity index (χ0) is 16.1. The predicted octanol–water partition coefficient (Wildman–Crippen LogP) is 3.53. The number of methoxy groups -OCH3 is 1. The van der Waals surface area contributed by atoms with E-state index < -0.39 is 6.10 Å². The summed E-state index contributed by atoms with van der Waals surface area (Å²) in [6, 6.07) is 10.3. The van der Waals surface area contributed by atoms with Crippen LogP contribution >= 0.6 is 23.2 Å². The Bertz CT molecular complexity index is 632. The van der Waals surface area contributed by atoms with Crippen LogP contribution in [-0.2, 0) is 6.54 Å². The second kappa shape index (κ2) is 7.70. The first-order chi connectivity index (χ1) is 10.5. The molecule has 4 nitrogen and oxygen atoms in total. The maximum absolute atomic E-state index is 10.1. The Labute approximate surface area is 139 Å². The van der Waals surface area contributed by atoms with Crippen molar-refractivity contribution in [2.75, 3.05) is 13.7 Å². The third-order valence-electron chi connectivity index (χ3n) is 3.26. The van der Waals surface area contributed by atoms with Gasteiger partial charge in [-0.1, -0.05) is 35.3 Å². The van der Waals surface area contributed by atoms with Crippen LogP contribution in [0.2, 0.25) is 10.0 Å². The van der Waals surface area contributed by atoms with Gasteiger partial charge in [0.1, 0.15) is 11.5 Å². The van der Waals surface area contributed by atoms with Crippen LogP contribution in [-0.4, -0.2) is 23.9 Å². The smallest absolute Gasteiger partial charge is 0.138 e. The molecule has 0 heterocycles. The first-order valence-electron chi connectivity index (χ1n) is 6.71. The Morgan fingerprint density at radius 2 is 1.86 bits per heavy atom. The van der Waals surface area contributed by atoms with Gasteiger partial charge in [0.2, 0.25) is 0 Å². The van der Waals surface area contributed by atoms with E-state index in [4.69, 9.17) is 27.9 Å². The Balaban J connectivity index is 1.93. The number of benzene rings is 2. The molecule has 2 aromatic rings. The van der Waals surface area contributed by atoms with Gasteiger partial charge >= 0.3 is 0 Å². The van der Waals surface area contributed by atoms with Crippen LogP contribution in [0.3, 0.4) is 0 Å². The highest BCUT2D eigenvalue weighted by Gasteiger charge is 2.10. The van der Waals surface area contributed by atoms with Crippen molar-refractivity contribution in [2.45, 2.75) is 12.6 Å². The highest BCUT2D eigenvalue weighted by Crippen LogP contribution is 2.31. The minimum atomic E-state index is -0.664. The summed E-state index contributed by atoms with van der Waals surface area (Å²) in [7, 11) is 1.59. The summed E-state index contributed by atoms with van der Waals surface area (Å²) in [4.78, 5) is 0. The number of aliphatic hydroxyl groups excluding tert-OH is 1. The molecular weight excluding hydrogens is 325 g/mol. The highest BCUT2D eigenvalue weighted by molar-refractivity contribution is 6.35. The molecule has 6 heteroatoms. The van der Waals surface area contributed by atoms with Gasteiger partial charge in [0.15, 0.2) is 0 Å². The Morgan fingerprint density at radius 3 is 2.50 bits per heavy atom. The summed E-state index contributed by atoms with van der Waals surface area (Å²) in [6.07, 6.45) is -0.664. The summed E-state index contributed by atoms with van der Waals surface area (Å²) in [5, 5.41) is 23.7. The third-order valence-corrected chi connectivity index (χ3v) is 3.77. The molecule has 22 heavy (non-hydrogen) atoms. The summed E-state index contributed by atoms with van der Waals surface area (Å²) < 4.78 is 5.07. The van der Waals surface area contributed by atoms with Gasteiger partial charge in [0.05, 0.1) is 18.2 Å². The standard InChI is InChI=1S/C16H17Cl2NO3/c1-22-13-4-2-10(3-5-13)15(20)9-19-8-11-6-12(17)7-14(18)16(11)21/h2-7,15,19-21H,8-9H2,1H3. The second-order valence-electron chi connectivity index (χ2n) is 4.82. The van der Waals surface area contributed by atoms with Crippen LogP contribution in [0, 0.1) is 0 Å². The minimum absolute atomic E-state index is 0.00231.